The SMILES string of the molecule is Cc1cnn(C)c(=O)c1. The maximum atomic E-state index is 10.7. The normalized spacial score (nSPS) is 9.56. The summed E-state index contributed by atoms with van der Waals surface area (Å²) >= 11 is 0. The molecule has 0 aromatic carbocycles. The van der Waals surface area contributed by atoms with Crippen LogP contribution in [0.4, 0.5) is 0 Å². The minimum atomic E-state index is -0.0602. The molecule has 0 N–H and O–H groups in total. The minimum Gasteiger partial charge on any atom is -0.268 e. The molecule has 0 saturated carbocycles. The molecule has 1 heterocycles. The first-order valence-electron chi connectivity index (χ1n) is 2.70. The second kappa shape index (κ2) is 2.01. The van der Waals surface area contributed by atoms with E-state index in [4.69, 9.17) is 0 Å². The van der Waals surface area contributed by atoms with Crippen molar-refractivity contribution in [3.05, 3.63) is 28.2 Å². The second-order valence-corrected chi connectivity index (χ2v) is 1.99. The monoisotopic (exact) mass is 124 g/mol. The molecule has 1 aromatic heterocycles. The Morgan fingerprint density at radius 3 is 2.78 bits per heavy atom. The first-order chi connectivity index (χ1) is 4.20. The van der Waals surface area contributed by atoms with E-state index < -0.39 is 0 Å². The van der Waals surface area contributed by atoms with Gasteiger partial charge in [0.25, 0.3) is 5.56 Å². The highest BCUT2D eigenvalue weighted by molar-refractivity contribution is 5.01. The van der Waals surface area contributed by atoms with Crippen LogP contribution in [-0.2, 0) is 7.05 Å². The van der Waals surface area contributed by atoms with E-state index in [2.05, 4.69) is 5.10 Å². The standard InChI is InChI=1S/C6H8N2O/c1-5-3-6(9)8(2)7-4-5/h3-4H,1-2H3. The largest absolute Gasteiger partial charge is 0.268 e. The summed E-state index contributed by atoms with van der Waals surface area (Å²) in [6, 6.07) is 1.55. The number of hydrogen-bond acceptors (Lipinski definition) is 2. The van der Waals surface area contributed by atoms with Crippen LogP contribution in [0.2, 0.25) is 0 Å². The Hall–Kier alpha value is -1.12. The lowest BCUT2D eigenvalue weighted by molar-refractivity contribution is 0.703. The Balaban J connectivity index is 3.34. The molecule has 0 spiro atoms. The van der Waals surface area contributed by atoms with Crippen molar-refractivity contribution in [3.63, 3.8) is 0 Å². The maximum absolute atomic E-state index is 10.7. The summed E-state index contributed by atoms with van der Waals surface area (Å²) in [6.45, 7) is 1.84. The lowest BCUT2D eigenvalue weighted by Crippen LogP contribution is -2.17. The van der Waals surface area contributed by atoms with E-state index in [0.717, 1.165) is 5.56 Å². The lowest BCUT2D eigenvalue weighted by atomic mass is 10.4. The first-order valence-corrected chi connectivity index (χ1v) is 2.70. The number of hydrogen-bond donors (Lipinski definition) is 0. The van der Waals surface area contributed by atoms with Crippen LogP contribution >= 0.6 is 0 Å². The van der Waals surface area contributed by atoms with Crippen LogP contribution in [0, 0.1) is 6.92 Å². The molecule has 0 unspecified atom stereocenters. The third-order valence-corrected chi connectivity index (χ3v) is 1.10. The third-order valence-electron chi connectivity index (χ3n) is 1.10. The van der Waals surface area contributed by atoms with E-state index in [-0.39, 0.29) is 5.56 Å². The van der Waals surface area contributed by atoms with Crippen LogP contribution in [-0.4, -0.2) is 9.78 Å². The van der Waals surface area contributed by atoms with Crippen LogP contribution in [0.15, 0.2) is 17.1 Å². The average molecular weight is 124 g/mol. The molecule has 0 amide bonds. The second-order valence-electron chi connectivity index (χ2n) is 1.99. The van der Waals surface area contributed by atoms with Gasteiger partial charge in [-0.05, 0) is 12.5 Å². The Bertz CT molecular complexity index is 264. The van der Waals surface area contributed by atoms with Crippen LogP contribution in [0.5, 0.6) is 0 Å². The van der Waals surface area contributed by atoms with Crippen molar-refractivity contribution in [2.24, 2.45) is 7.05 Å². The van der Waals surface area contributed by atoms with E-state index in [1.165, 1.54) is 4.68 Å². The van der Waals surface area contributed by atoms with Gasteiger partial charge in [0.1, 0.15) is 0 Å². The fourth-order valence-corrected chi connectivity index (χ4v) is 0.560. The maximum Gasteiger partial charge on any atom is 0.266 e. The predicted molar refractivity (Wildman–Crippen MR) is 34.2 cm³/mol. The fourth-order valence-electron chi connectivity index (χ4n) is 0.560. The number of rotatable bonds is 0. The number of nitrogens with zero attached hydrogens (tertiary/aromatic N) is 2. The number of aromatic nitrogens is 2. The molecule has 0 aliphatic carbocycles. The van der Waals surface area contributed by atoms with Crippen molar-refractivity contribution in [2.75, 3.05) is 0 Å². The van der Waals surface area contributed by atoms with E-state index in [1.807, 2.05) is 6.92 Å². The quantitative estimate of drug-likeness (QED) is 0.491. The summed E-state index contributed by atoms with van der Waals surface area (Å²) in [5.41, 5.74) is 0.841. The summed E-state index contributed by atoms with van der Waals surface area (Å²) in [7, 11) is 1.63. The molecule has 0 bridgehead atoms. The molecule has 48 valence electrons. The smallest absolute Gasteiger partial charge is 0.266 e. The van der Waals surface area contributed by atoms with Crippen molar-refractivity contribution in [1.29, 1.82) is 0 Å². The molecule has 1 rings (SSSR count). The number of aryl methyl sites for hydroxylation is 2. The van der Waals surface area contributed by atoms with Crippen molar-refractivity contribution >= 4 is 0 Å². The molecular formula is C6H8N2O. The van der Waals surface area contributed by atoms with Crippen LogP contribution in [0.1, 0.15) is 5.56 Å². The zero-order chi connectivity index (χ0) is 6.85. The van der Waals surface area contributed by atoms with Gasteiger partial charge >= 0.3 is 0 Å². The molecule has 0 atom stereocenters. The van der Waals surface area contributed by atoms with Gasteiger partial charge in [-0.2, -0.15) is 5.10 Å². The highest BCUT2D eigenvalue weighted by Crippen LogP contribution is 1.83. The Kier molecular flexibility index (Phi) is 1.34. The average Bonchev–Trinajstić information content (AvgIpc) is 1.80. The highest BCUT2D eigenvalue weighted by atomic mass is 16.1. The van der Waals surface area contributed by atoms with Crippen molar-refractivity contribution in [1.82, 2.24) is 9.78 Å². The Morgan fingerprint density at radius 1 is 1.67 bits per heavy atom. The van der Waals surface area contributed by atoms with E-state index in [0.29, 0.717) is 0 Å². The summed E-state index contributed by atoms with van der Waals surface area (Å²) in [5.74, 6) is 0. The molecule has 0 aliphatic heterocycles. The zero-order valence-electron chi connectivity index (χ0n) is 5.46. The van der Waals surface area contributed by atoms with Crippen LogP contribution in [0.25, 0.3) is 0 Å². The van der Waals surface area contributed by atoms with Gasteiger partial charge < -0.3 is 0 Å². The summed E-state index contributed by atoms with van der Waals surface area (Å²) in [6.07, 6.45) is 1.65. The summed E-state index contributed by atoms with van der Waals surface area (Å²) in [5, 5.41) is 3.78. The molecular weight excluding hydrogens is 116 g/mol. The highest BCUT2D eigenvalue weighted by Gasteiger charge is 1.87. The van der Waals surface area contributed by atoms with Crippen LogP contribution < -0.4 is 5.56 Å². The molecule has 1 aromatic rings. The molecule has 3 nitrogen and oxygen atoms in total. The van der Waals surface area contributed by atoms with Crippen molar-refractivity contribution in [2.45, 2.75) is 6.92 Å². The van der Waals surface area contributed by atoms with Gasteiger partial charge in [-0.25, -0.2) is 4.68 Å². The van der Waals surface area contributed by atoms with Gasteiger partial charge in [-0.15, -0.1) is 0 Å². The molecule has 0 fully saturated rings. The first kappa shape index (κ1) is 6.01. The molecule has 9 heavy (non-hydrogen) atoms. The molecule has 3 heteroatoms. The Morgan fingerprint density at radius 2 is 2.33 bits per heavy atom. The molecule has 0 aliphatic rings. The summed E-state index contributed by atoms with van der Waals surface area (Å²) < 4.78 is 1.30. The zero-order valence-corrected chi connectivity index (χ0v) is 5.46. The van der Waals surface area contributed by atoms with Gasteiger partial charge in [0.05, 0.1) is 6.20 Å². The van der Waals surface area contributed by atoms with E-state index >= 15 is 0 Å². The topological polar surface area (TPSA) is 34.9 Å². The van der Waals surface area contributed by atoms with Crippen molar-refractivity contribution < 1.29 is 0 Å². The molecule has 0 saturated heterocycles. The predicted octanol–water partition coefficient (Wildman–Crippen LogP) is 0.0887. The lowest BCUT2D eigenvalue weighted by Gasteiger charge is -1.92. The van der Waals surface area contributed by atoms with Crippen LogP contribution in [0.3, 0.4) is 0 Å². The van der Waals surface area contributed by atoms with E-state index in [1.54, 1.807) is 19.3 Å². The van der Waals surface area contributed by atoms with Gasteiger partial charge in [0.15, 0.2) is 0 Å². The van der Waals surface area contributed by atoms with Gasteiger partial charge in [0.2, 0.25) is 0 Å². The van der Waals surface area contributed by atoms with Gasteiger partial charge in [-0.3, -0.25) is 4.79 Å². The van der Waals surface area contributed by atoms with Crippen molar-refractivity contribution in [3.8, 4) is 0 Å². The summed E-state index contributed by atoms with van der Waals surface area (Å²) in [4.78, 5) is 10.7. The van der Waals surface area contributed by atoms with Gasteiger partial charge in [0, 0.05) is 13.1 Å². The fraction of sp³-hybridized carbons (Fsp3) is 0.333. The minimum absolute atomic E-state index is 0.0602. The molecule has 0 radical (unpaired) electrons. The van der Waals surface area contributed by atoms with Gasteiger partial charge in [-0.1, -0.05) is 0 Å². The Labute approximate surface area is 52.9 Å². The third kappa shape index (κ3) is 1.16. The van der Waals surface area contributed by atoms with E-state index in [9.17, 15) is 4.79 Å².